The van der Waals surface area contributed by atoms with Gasteiger partial charge in [-0.25, -0.2) is 13.1 Å². The Morgan fingerprint density at radius 1 is 1.07 bits per heavy atom. The zero-order valence-corrected chi connectivity index (χ0v) is 17.1. The third-order valence-electron chi connectivity index (χ3n) is 4.10. The van der Waals surface area contributed by atoms with Crippen molar-refractivity contribution in [3.05, 3.63) is 52.0 Å². The Hall–Kier alpha value is -1.80. The van der Waals surface area contributed by atoms with Crippen molar-refractivity contribution in [1.82, 2.24) is 4.72 Å². The van der Waals surface area contributed by atoms with Crippen molar-refractivity contribution in [2.24, 2.45) is 0 Å². The van der Waals surface area contributed by atoms with Crippen molar-refractivity contribution in [3.63, 3.8) is 0 Å². The van der Waals surface area contributed by atoms with Crippen LogP contribution in [0.1, 0.15) is 23.2 Å². The molecule has 27 heavy (non-hydrogen) atoms. The molecule has 6 nitrogen and oxygen atoms in total. The maximum absolute atomic E-state index is 12.6. The zero-order valence-electron chi connectivity index (χ0n) is 14.8. The number of benzene rings is 2. The molecule has 9 heteroatoms. The van der Waals surface area contributed by atoms with Crippen LogP contribution in [0.3, 0.4) is 0 Å². The number of hydrogen-bond donors (Lipinski definition) is 2. The fourth-order valence-electron chi connectivity index (χ4n) is 2.43. The Labute approximate surface area is 168 Å². The molecule has 0 spiro atoms. The van der Waals surface area contributed by atoms with E-state index in [0.29, 0.717) is 5.69 Å². The van der Waals surface area contributed by atoms with Gasteiger partial charge in [-0.2, -0.15) is 0 Å². The van der Waals surface area contributed by atoms with E-state index in [1.807, 2.05) is 31.1 Å². The highest BCUT2D eigenvalue weighted by Crippen LogP contribution is 2.31. The summed E-state index contributed by atoms with van der Waals surface area (Å²) in [6.07, 6.45) is 1.58. The molecule has 3 rings (SSSR count). The van der Waals surface area contributed by atoms with Gasteiger partial charge in [0.2, 0.25) is 10.0 Å². The van der Waals surface area contributed by atoms with Gasteiger partial charge >= 0.3 is 0 Å². The van der Waals surface area contributed by atoms with Crippen LogP contribution in [0.2, 0.25) is 10.0 Å². The second kappa shape index (κ2) is 7.67. The molecule has 0 saturated heterocycles. The van der Waals surface area contributed by atoms with E-state index >= 15 is 0 Å². The van der Waals surface area contributed by atoms with Gasteiger partial charge < -0.3 is 10.2 Å². The number of anilines is 2. The lowest BCUT2D eigenvalue weighted by Gasteiger charge is -2.14. The third kappa shape index (κ3) is 4.73. The second-order valence-electron chi connectivity index (χ2n) is 6.55. The fourth-order valence-corrected chi connectivity index (χ4v) is 4.60. The number of rotatable bonds is 6. The predicted octanol–water partition coefficient (Wildman–Crippen LogP) is 3.75. The predicted molar refractivity (Wildman–Crippen MR) is 109 cm³/mol. The van der Waals surface area contributed by atoms with Crippen molar-refractivity contribution < 1.29 is 13.2 Å². The van der Waals surface area contributed by atoms with Gasteiger partial charge in [-0.1, -0.05) is 23.2 Å². The smallest absolute Gasteiger partial charge is 0.257 e. The summed E-state index contributed by atoms with van der Waals surface area (Å²) in [7, 11) is 0.0162. The van der Waals surface area contributed by atoms with Gasteiger partial charge in [0.1, 0.15) is 4.90 Å². The minimum atomic E-state index is -3.81. The Bertz CT molecular complexity index is 972. The van der Waals surface area contributed by atoms with Crippen LogP contribution in [0.15, 0.2) is 41.3 Å². The Balaban J connectivity index is 1.86. The van der Waals surface area contributed by atoms with Crippen LogP contribution in [0.5, 0.6) is 0 Å². The number of carbonyl (C=O) groups is 1. The van der Waals surface area contributed by atoms with Gasteiger partial charge in [0.25, 0.3) is 5.91 Å². The summed E-state index contributed by atoms with van der Waals surface area (Å²) in [4.78, 5) is 14.4. The Kier molecular flexibility index (Phi) is 5.67. The normalized spacial score (nSPS) is 14.1. The van der Waals surface area contributed by atoms with Gasteiger partial charge in [0.15, 0.2) is 0 Å². The Morgan fingerprint density at radius 3 is 2.26 bits per heavy atom. The van der Waals surface area contributed by atoms with Crippen LogP contribution in [-0.4, -0.2) is 34.5 Å². The van der Waals surface area contributed by atoms with E-state index in [9.17, 15) is 13.2 Å². The average Bonchev–Trinajstić information content (AvgIpc) is 3.38. The van der Waals surface area contributed by atoms with Crippen molar-refractivity contribution in [1.29, 1.82) is 0 Å². The Morgan fingerprint density at radius 2 is 1.70 bits per heavy atom. The first-order valence-corrected chi connectivity index (χ1v) is 10.5. The van der Waals surface area contributed by atoms with E-state index in [-0.39, 0.29) is 26.5 Å². The van der Waals surface area contributed by atoms with Crippen LogP contribution in [0, 0.1) is 0 Å². The van der Waals surface area contributed by atoms with Crippen molar-refractivity contribution >= 4 is 50.5 Å². The van der Waals surface area contributed by atoms with Crippen LogP contribution in [0.4, 0.5) is 11.4 Å². The molecule has 1 aliphatic carbocycles. The summed E-state index contributed by atoms with van der Waals surface area (Å²) in [5.41, 5.74) is 1.59. The monoisotopic (exact) mass is 427 g/mol. The minimum absolute atomic E-state index is 0.0277. The van der Waals surface area contributed by atoms with Crippen LogP contribution < -0.4 is 14.9 Å². The molecule has 1 amide bonds. The van der Waals surface area contributed by atoms with Crippen LogP contribution >= 0.6 is 23.2 Å². The van der Waals surface area contributed by atoms with E-state index in [4.69, 9.17) is 23.2 Å². The number of nitrogens with one attached hydrogen (secondary N) is 2. The van der Waals surface area contributed by atoms with Crippen molar-refractivity contribution in [2.75, 3.05) is 24.3 Å². The third-order valence-corrected chi connectivity index (χ3v) is 6.39. The molecule has 0 aliphatic heterocycles. The number of carbonyl (C=O) groups excluding carboxylic acids is 1. The van der Waals surface area contributed by atoms with Gasteiger partial charge in [-0.3, -0.25) is 4.79 Å². The van der Waals surface area contributed by atoms with Gasteiger partial charge in [-0.05, 0) is 49.2 Å². The molecule has 0 unspecified atom stereocenters. The number of sulfonamides is 1. The minimum Gasteiger partial charge on any atom is -0.378 e. The quantitative estimate of drug-likeness (QED) is 0.735. The molecule has 0 atom stereocenters. The van der Waals surface area contributed by atoms with Crippen molar-refractivity contribution in [3.8, 4) is 0 Å². The number of halogens is 2. The molecule has 1 fully saturated rings. The summed E-state index contributed by atoms with van der Waals surface area (Å²) in [5, 5.41) is 2.77. The molecule has 0 bridgehead atoms. The summed E-state index contributed by atoms with van der Waals surface area (Å²) in [6, 6.07) is 9.62. The lowest BCUT2D eigenvalue weighted by atomic mass is 10.2. The highest BCUT2D eigenvalue weighted by Gasteiger charge is 2.30. The van der Waals surface area contributed by atoms with Crippen LogP contribution in [-0.2, 0) is 10.0 Å². The first-order valence-electron chi connectivity index (χ1n) is 8.27. The molecular formula is C18H19Cl2N3O3S. The van der Waals surface area contributed by atoms with Gasteiger partial charge in [0, 0.05) is 31.5 Å². The van der Waals surface area contributed by atoms with E-state index in [2.05, 4.69) is 10.0 Å². The summed E-state index contributed by atoms with van der Waals surface area (Å²) < 4.78 is 27.5. The number of nitrogens with zero attached hydrogens (tertiary/aromatic N) is 1. The standard InChI is InChI=1S/C18H19Cl2N3O3S/c1-23(2)13-7-5-11(6-8-13)21-18(24)14-9-17(16(20)10-15(14)19)27(25,26)22-12-3-4-12/h5-10,12,22H,3-4H2,1-2H3,(H,21,24). The lowest BCUT2D eigenvalue weighted by molar-refractivity contribution is 0.102. The first-order chi connectivity index (χ1) is 12.7. The summed E-state index contributed by atoms with van der Waals surface area (Å²) in [5.74, 6) is -0.517. The van der Waals surface area contributed by atoms with E-state index < -0.39 is 15.9 Å². The number of amides is 1. The molecule has 2 N–H and O–H groups in total. The van der Waals surface area contributed by atoms with E-state index in [0.717, 1.165) is 18.5 Å². The molecule has 0 heterocycles. The highest BCUT2D eigenvalue weighted by molar-refractivity contribution is 7.89. The number of hydrogen-bond acceptors (Lipinski definition) is 4. The van der Waals surface area contributed by atoms with E-state index in [1.54, 1.807) is 12.1 Å². The molecule has 144 valence electrons. The first kappa shape index (κ1) is 19.9. The molecular weight excluding hydrogens is 409 g/mol. The second-order valence-corrected chi connectivity index (χ2v) is 9.05. The molecule has 1 aliphatic rings. The molecule has 2 aromatic rings. The summed E-state index contributed by atoms with van der Waals surface area (Å²) >= 11 is 12.2. The molecule has 0 radical (unpaired) electrons. The lowest BCUT2D eigenvalue weighted by Crippen LogP contribution is -2.26. The SMILES string of the molecule is CN(C)c1ccc(NC(=O)c2cc(S(=O)(=O)NC3CC3)c(Cl)cc2Cl)cc1. The maximum atomic E-state index is 12.6. The summed E-state index contributed by atoms with van der Waals surface area (Å²) in [6.45, 7) is 0. The van der Waals surface area contributed by atoms with Gasteiger partial charge in [0.05, 0.1) is 15.6 Å². The molecule has 2 aromatic carbocycles. The highest BCUT2D eigenvalue weighted by atomic mass is 35.5. The fraction of sp³-hybridized carbons (Fsp3) is 0.278. The maximum Gasteiger partial charge on any atom is 0.257 e. The molecule has 1 saturated carbocycles. The zero-order chi connectivity index (χ0) is 19.8. The largest absolute Gasteiger partial charge is 0.378 e. The van der Waals surface area contributed by atoms with Gasteiger partial charge in [-0.15, -0.1) is 0 Å². The van der Waals surface area contributed by atoms with Crippen molar-refractivity contribution in [2.45, 2.75) is 23.8 Å². The molecule has 0 aromatic heterocycles. The average molecular weight is 428 g/mol. The topological polar surface area (TPSA) is 78.5 Å². The van der Waals surface area contributed by atoms with E-state index in [1.165, 1.54) is 12.1 Å². The van der Waals surface area contributed by atoms with Crippen LogP contribution in [0.25, 0.3) is 0 Å².